The minimum atomic E-state index is -3.04. The molecule has 1 N–H and O–H groups in total. The van der Waals surface area contributed by atoms with Crippen LogP contribution in [0.3, 0.4) is 0 Å². The van der Waals surface area contributed by atoms with Gasteiger partial charge in [0, 0.05) is 5.16 Å². The van der Waals surface area contributed by atoms with Gasteiger partial charge in [0.15, 0.2) is 23.8 Å². The zero-order valence-electron chi connectivity index (χ0n) is 22.0. The Hall–Kier alpha value is -2.07. The molecule has 0 saturated carbocycles. The van der Waals surface area contributed by atoms with E-state index in [2.05, 4.69) is 0 Å². The van der Waals surface area contributed by atoms with Crippen LogP contribution in [0.15, 0.2) is 36.4 Å². The Balaban J connectivity index is 0.000000342. The average molecular weight is 514 g/mol. The van der Waals surface area contributed by atoms with E-state index < -0.39 is 26.4 Å². The summed E-state index contributed by atoms with van der Waals surface area (Å²) in [4.78, 5) is 0. The van der Waals surface area contributed by atoms with Crippen LogP contribution in [-0.2, 0) is 9.13 Å². The van der Waals surface area contributed by atoms with Crippen molar-refractivity contribution in [3.63, 3.8) is 0 Å². The molecule has 7 nitrogen and oxygen atoms in total. The van der Waals surface area contributed by atoms with Crippen LogP contribution in [0.4, 0.5) is 0 Å². The van der Waals surface area contributed by atoms with Crippen LogP contribution in [0.5, 0.6) is 23.0 Å². The first kappa shape index (κ1) is 30.0. The molecule has 0 bridgehead atoms. The minimum Gasteiger partial charge on any atom is -0.496 e. The van der Waals surface area contributed by atoms with Gasteiger partial charge in [0.05, 0.1) is 33.7 Å². The van der Waals surface area contributed by atoms with E-state index in [0.717, 1.165) is 0 Å². The maximum absolute atomic E-state index is 13.2. The zero-order chi connectivity index (χ0) is 26.3. The summed E-state index contributed by atoms with van der Waals surface area (Å²) in [7, 11) is 1.57. The van der Waals surface area contributed by atoms with Gasteiger partial charge in [0.2, 0.25) is 0 Å². The predicted molar refractivity (Wildman–Crippen MR) is 140 cm³/mol. The lowest BCUT2D eigenvalue weighted by atomic mass is 10.2. The third kappa shape index (κ3) is 6.53. The number of methoxy groups -OCH3 is 4. The largest absolute Gasteiger partial charge is 0.496 e. The van der Waals surface area contributed by atoms with Gasteiger partial charge >= 0.3 is 7.80 Å². The Morgan fingerprint density at radius 3 is 1.38 bits per heavy atom. The lowest BCUT2D eigenvalue weighted by Gasteiger charge is -2.31. The summed E-state index contributed by atoms with van der Waals surface area (Å²) < 4.78 is 46.6. The molecule has 0 aliphatic carbocycles. The third-order valence-electron chi connectivity index (χ3n) is 5.26. The van der Waals surface area contributed by atoms with Crippen LogP contribution in [-0.4, -0.2) is 50.2 Å². The summed E-state index contributed by atoms with van der Waals surface area (Å²) in [5, 5.41) is 9.90. The third-order valence-corrected chi connectivity index (χ3v) is 11.1. The van der Waals surface area contributed by atoms with E-state index in [4.69, 9.17) is 18.9 Å². The summed E-state index contributed by atoms with van der Waals surface area (Å²) in [6, 6.07) is 10.7. The van der Waals surface area contributed by atoms with Crippen LogP contribution in [0.2, 0.25) is 0 Å². The van der Waals surface area contributed by atoms with Crippen molar-refractivity contribution in [2.45, 2.75) is 51.9 Å². The van der Waals surface area contributed by atoms with Crippen LogP contribution in [0, 0.1) is 0 Å². The summed E-state index contributed by atoms with van der Waals surface area (Å²) in [6.07, 6.45) is -0.409. The van der Waals surface area contributed by atoms with Crippen molar-refractivity contribution in [1.82, 2.24) is 0 Å². The molecule has 9 heteroatoms. The fourth-order valence-corrected chi connectivity index (χ4v) is 6.86. The standard InChI is InChI=1S/C13H21O4P.C12H18O3P/c1-13(2,3)18(15,9-14)12-10(16-4)7-6-8-11(12)17-5;1-12(2,3)16(13)11-9(14-4)7-6-8-10(11)15-5/h6-8,14H,9H2,1-5H3;6-8H,1-5H3/q;+1. The van der Waals surface area contributed by atoms with Crippen molar-refractivity contribution in [1.29, 1.82) is 0 Å². The molecule has 0 spiro atoms. The molecule has 2 aromatic carbocycles. The quantitative estimate of drug-likeness (QED) is 0.496. The second-order valence-corrected chi connectivity index (χ2v) is 15.5. The number of rotatable bonds is 7. The Labute approximate surface area is 204 Å². The zero-order valence-corrected chi connectivity index (χ0v) is 23.8. The second-order valence-electron chi connectivity index (χ2n) is 9.54. The Morgan fingerprint density at radius 2 is 1.12 bits per heavy atom. The predicted octanol–water partition coefficient (Wildman–Crippen LogP) is 5.40. The summed E-state index contributed by atoms with van der Waals surface area (Å²) in [5.74, 6) is 2.22. The molecule has 0 heterocycles. The summed E-state index contributed by atoms with van der Waals surface area (Å²) in [6.45, 7) is 11.4. The minimum absolute atomic E-state index is 0.308. The molecule has 2 rings (SSSR count). The lowest BCUT2D eigenvalue weighted by Crippen LogP contribution is -2.27. The highest BCUT2D eigenvalue weighted by atomic mass is 31.2. The maximum Gasteiger partial charge on any atom is 0.390 e. The van der Waals surface area contributed by atoms with Gasteiger partial charge in [-0.3, -0.25) is 0 Å². The smallest absolute Gasteiger partial charge is 0.390 e. The number of aliphatic hydroxyl groups is 1. The molecular weight excluding hydrogens is 474 g/mol. The van der Waals surface area contributed by atoms with Crippen LogP contribution in [0.25, 0.3) is 0 Å². The summed E-state index contributed by atoms with van der Waals surface area (Å²) in [5.41, 5.74) is 0. The van der Waals surface area contributed by atoms with E-state index in [0.29, 0.717) is 33.6 Å². The van der Waals surface area contributed by atoms with E-state index in [9.17, 15) is 14.2 Å². The van der Waals surface area contributed by atoms with Gasteiger partial charge in [-0.1, -0.05) is 37.5 Å². The number of hydrogen-bond acceptors (Lipinski definition) is 7. The summed E-state index contributed by atoms with van der Waals surface area (Å²) >= 11 is 0. The first-order valence-corrected chi connectivity index (χ1v) is 14.0. The fourth-order valence-electron chi connectivity index (χ4n) is 3.17. The highest BCUT2D eigenvalue weighted by Crippen LogP contribution is 2.59. The monoisotopic (exact) mass is 513 g/mol. The highest BCUT2D eigenvalue weighted by molar-refractivity contribution is 7.73. The number of aliphatic hydroxyl groups excluding tert-OH is 1. The van der Waals surface area contributed by atoms with Crippen molar-refractivity contribution < 1.29 is 33.2 Å². The van der Waals surface area contributed by atoms with Gasteiger partial charge < -0.3 is 28.6 Å². The molecule has 190 valence electrons. The van der Waals surface area contributed by atoms with Gasteiger partial charge in [-0.05, 0) is 45.0 Å². The van der Waals surface area contributed by atoms with E-state index in [-0.39, 0.29) is 5.16 Å². The van der Waals surface area contributed by atoms with E-state index >= 15 is 0 Å². The van der Waals surface area contributed by atoms with Crippen molar-refractivity contribution >= 4 is 25.6 Å². The van der Waals surface area contributed by atoms with Crippen molar-refractivity contribution in [3.05, 3.63) is 36.4 Å². The second kappa shape index (κ2) is 12.1. The number of ether oxygens (including phenoxy) is 4. The van der Waals surface area contributed by atoms with Gasteiger partial charge in [-0.2, -0.15) is 0 Å². The van der Waals surface area contributed by atoms with Gasteiger partial charge in [0.1, 0.15) is 17.8 Å². The maximum atomic E-state index is 13.2. The Kier molecular flexibility index (Phi) is 10.6. The van der Waals surface area contributed by atoms with E-state index in [1.54, 1.807) is 44.6 Å². The molecule has 0 fully saturated rings. The molecule has 2 aromatic rings. The molecule has 0 radical (unpaired) electrons. The van der Waals surface area contributed by atoms with Crippen LogP contribution >= 0.6 is 14.9 Å². The molecule has 0 aliphatic heterocycles. The molecule has 0 aromatic heterocycles. The van der Waals surface area contributed by atoms with E-state index in [1.807, 2.05) is 47.6 Å². The van der Waals surface area contributed by atoms with Crippen molar-refractivity contribution in [2.75, 3.05) is 34.8 Å². The van der Waals surface area contributed by atoms with E-state index in [1.165, 1.54) is 14.2 Å². The van der Waals surface area contributed by atoms with Crippen molar-refractivity contribution in [2.24, 2.45) is 0 Å². The Morgan fingerprint density at radius 1 is 0.765 bits per heavy atom. The first-order chi connectivity index (χ1) is 15.7. The van der Waals surface area contributed by atoms with Crippen LogP contribution < -0.4 is 29.6 Å². The molecule has 0 aliphatic rings. The highest BCUT2D eigenvalue weighted by Gasteiger charge is 2.42. The average Bonchev–Trinajstić information content (AvgIpc) is 2.80. The molecule has 0 saturated heterocycles. The molecular formula is C25H39O7P2+. The van der Waals surface area contributed by atoms with Gasteiger partial charge in [-0.15, -0.1) is 0 Å². The first-order valence-electron chi connectivity index (χ1n) is 10.8. The molecule has 0 amide bonds. The SMILES string of the molecule is COc1cccc(OC)c1P(=O)(CO)C(C)(C)C.COc1cccc(OC)c1[P+](=O)C(C)(C)C. The number of benzene rings is 2. The fraction of sp³-hybridized carbons (Fsp3) is 0.520. The topological polar surface area (TPSA) is 91.3 Å². The number of hydrogen-bond donors (Lipinski definition) is 1. The van der Waals surface area contributed by atoms with Gasteiger partial charge in [-0.25, -0.2) is 0 Å². The lowest BCUT2D eigenvalue weighted by molar-refractivity contribution is 0.352. The Bertz CT molecular complexity index is 976. The van der Waals surface area contributed by atoms with Crippen molar-refractivity contribution in [3.8, 4) is 23.0 Å². The van der Waals surface area contributed by atoms with Gasteiger partial charge in [0.25, 0.3) is 5.30 Å². The molecule has 2 unspecified atom stereocenters. The van der Waals surface area contributed by atoms with Crippen LogP contribution in [0.1, 0.15) is 41.5 Å². The normalized spacial score (nSPS) is 13.7. The molecule has 2 atom stereocenters. The molecule has 34 heavy (non-hydrogen) atoms.